The predicted octanol–water partition coefficient (Wildman–Crippen LogP) is 4.62. The summed E-state index contributed by atoms with van der Waals surface area (Å²) in [6.45, 7) is 0. The van der Waals surface area contributed by atoms with Crippen molar-refractivity contribution < 1.29 is 23.0 Å². The van der Waals surface area contributed by atoms with Gasteiger partial charge in [-0.15, -0.1) is 13.2 Å². The summed E-state index contributed by atoms with van der Waals surface area (Å²) in [4.78, 5) is 0. The van der Waals surface area contributed by atoms with Gasteiger partial charge in [-0.3, -0.25) is 0 Å². The first-order chi connectivity index (χ1) is 10.4. The van der Waals surface area contributed by atoms with E-state index in [2.05, 4.69) is 4.74 Å². The van der Waals surface area contributed by atoms with Crippen molar-refractivity contribution in [2.24, 2.45) is 0 Å². The standard InChI is InChI=1S/C17H15F3O2/c18-17(19,20)22-14-5-1-3-11(10-14)12-7-8-15-13(9-12)4-2-6-16(15)21/h1,3,5,7-10,16,21H,2,4,6H2. The molecule has 0 aliphatic heterocycles. The number of aliphatic hydroxyl groups excluding tert-OH is 1. The van der Waals surface area contributed by atoms with Crippen LogP contribution in [-0.4, -0.2) is 11.5 Å². The first-order valence-corrected chi connectivity index (χ1v) is 7.09. The number of halogens is 3. The molecule has 0 aromatic heterocycles. The minimum absolute atomic E-state index is 0.234. The average molecular weight is 308 g/mol. The van der Waals surface area contributed by atoms with E-state index >= 15 is 0 Å². The first-order valence-electron chi connectivity index (χ1n) is 7.09. The van der Waals surface area contributed by atoms with E-state index in [-0.39, 0.29) is 5.75 Å². The molecule has 1 aliphatic rings. The fraction of sp³-hybridized carbons (Fsp3) is 0.294. The number of rotatable bonds is 2. The van der Waals surface area contributed by atoms with Crippen LogP contribution in [0.25, 0.3) is 11.1 Å². The van der Waals surface area contributed by atoms with Gasteiger partial charge in [0.1, 0.15) is 5.75 Å². The number of ether oxygens (including phenoxy) is 1. The Bertz CT molecular complexity index is 680. The third-order valence-corrected chi connectivity index (χ3v) is 3.83. The molecule has 0 saturated carbocycles. The topological polar surface area (TPSA) is 29.5 Å². The van der Waals surface area contributed by atoms with E-state index < -0.39 is 12.5 Å². The molecule has 0 radical (unpaired) electrons. The van der Waals surface area contributed by atoms with Crippen LogP contribution >= 0.6 is 0 Å². The minimum atomic E-state index is -4.70. The van der Waals surface area contributed by atoms with Crippen LogP contribution in [-0.2, 0) is 6.42 Å². The fourth-order valence-corrected chi connectivity index (χ4v) is 2.84. The molecule has 1 N–H and O–H groups in total. The number of hydrogen-bond acceptors (Lipinski definition) is 2. The third kappa shape index (κ3) is 3.25. The second kappa shape index (κ2) is 5.65. The third-order valence-electron chi connectivity index (χ3n) is 3.83. The Morgan fingerprint density at radius 1 is 1.05 bits per heavy atom. The molecule has 0 spiro atoms. The van der Waals surface area contributed by atoms with Gasteiger partial charge < -0.3 is 9.84 Å². The summed E-state index contributed by atoms with van der Waals surface area (Å²) in [5.41, 5.74) is 3.45. The molecule has 0 heterocycles. The lowest BCUT2D eigenvalue weighted by Crippen LogP contribution is -2.17. The van der Waals surface area contributed by atoms with E-state index in [0.29, 0.717) is 5.56 Å². The smallest absolute Gasteiger partial charge is 0.406 e. The summed E-state index contributed by atoms with van der Waals surface area (Å²) in [5, 5.41) is 9.95. The van der Waals surface area contributed by atoms with Crippen molar-refractivity contribution in [1.82, 2.24) is 0 Å². The molecule has 2 aromatic rings. The monoisotopic (exact) mass is 308 g/mol. The largest absolute Gasteiger partial charge is 0.573 e. The van der Waals surface area contributed by atoms with Crippen LogP contribution in [0.1, 0.15) is 30.1 Å². The Morgan fingerprint density at radius 2 is 1.82 bits per heavy atom. The Kier molecular flexibility index (Phi) is 3.83. The van der Waals surface area contributed by atoms with Gasteiger partial charge in [0.2, 0.25) is 0 Å². The van der Waals surface area contributed by atoms with Crippen LogP contribution in [0.5, 0.6) is 5.75 Å². The molecule has 116 valence electrons. The Hall–Kier alpha value is -2.01. The maximum atomic E-state index is 12.3. The minimum Gasteiger partial charge on any atom is -0.406 e. The molecule has 2 aromatic carbocycles. The number of benzene rings is 2. The van der Waals surface area contributed by atoms with Crippen LogP contribution in [0.15, 0.2) is 42.5 Å². The predicted molar refractivity (Wildman–Crippen MR) is 76.5 cm³/mol. The van der Waals surface area contributed by atoms with Crippen molar-refractivity contribution in [3.8, 4) is 16.9 Å². The lowest BCUT2D eigenvalue weighted by Gasteiger charge is -2.22. The Morgan fingerprint density at radius 3 is 2.59 bits per heavy atom. The van der Waals surface area contributed by atoms with Gasteiger partial charge in [0.15, 0.2) is 0 Å². The molecular formula is C17H15F3O2. The number of hydrogen-bond donors (Lipinski definition) is 1. The molecule has 0 saturated heterocycles. The van der Waals surface area contributed by atoms with Gasteiger partial charge in [0.05, 0.1) is 6.10 Å². The lowest BCUT2D eigenvalue weighted by molar-refractivity contribution is -0.274. The molecule has 5 heteroatoms. The van der Waals surface area contributed by atoms with Gasteiger partial charge in [-0.1, -0.05) is 30.3 Å². The summed E-state index contributed by atoms with van der Waals surface area (Å²) in [6.07, 6.45) is -2.61. The maximum absolute atomic E-state index is 12.3. The number of aliphatic hydroxyl groups is 1. The van der Waals surface area contributed by atoms with Gasteiger partial charge >= 0.3 is 6.36 Å². The molecule has 0 amide bonds. The normalized spacial score (nSPS) is 17.9. The molecule has 22 heavy (non-hydrogen) atoms. The Labute approximate surface area is 126 Å². The zero-order valence-electron chi connectivity index (χ0n) is 11.7. The molecule has 0 bridgehead atoms. The van der Waals surface area contributed by atoms with Crippen LogP contribution in [0.2, 0.25) is 0 Å². The molecule has 2 nitrogen and oxygen atoms in total. The van der Waals surface area contributed by atoms with E-state index in [1.807, 2.05) is 18.2 Å². The summed E-state index contributed by atoms with van der Waals surface area (Å²) in [5.74, 6) is -0.234. The highest BCUT2D eigenvalue weighted by molar-refractivity contribution is 5.66. The maximum Gasteiger partial charge on any atom is 0.573 e. The number of fused-ring (bicyclic) bond motifs is 1. The van der Waals surface area contributed by atoms with E-state index in [1.165, 1.54) is 18.2 Å². The van der Waals surface area contributed by atoms with Crippen molar-refractivity contribution in [3.05, 3.63) is 53.6 Å². The van der Waals surface area contributed by atoms with Crippen molar-refractivity contribution in [1.29, 1.82) is 0 Å². The number of alkyl halides is 3. The zero-order valence-corrected chi connectivity index (χ0v) is 11.7. The zero-order chi connectivity index (χ0) is 15.7. The van der Waals surface area contributed by atoms with Crippen molar-refractivity contribution >= 4 is 0 Å². The van der Waals surface area contributed by atoms with Crippen molar-refractivity contribution in [2.75, 3.05) is 0 Å². The van der Waals surface area contributed by atoms with Crippen LogP contribution < -0.4 is 4.74 Å². The summed E-state index contributed by atoms with van der Waals surface area (Å²) >= 11 is 0. The molecule has 3 rings (SSSR count). The van der Waals surface area contributed by atoms with E-state index in [9.17, 15) is 18.3 Å². The van der Waals surface area contributed by atoms with E-state index in [4.69, 9.17) is 0 Å². The fourth-order valence-electron chi connectivity index (χ4n) is 2.84. The van der Waals surface area contributed by atoms with E-state index in [0.717, 1.165) is 36.0 Å². The summed E-state index contributed by atoms with van der Waals surface area (Å²) < 4.78 is 40.8. The van der Waals surface area contributed by atoms with Crippen LogP contribution in [0.3, 0.4) is 0 Å². The first kappa shape index (κ1) is 14.9. The highest BCUT2D eigenvalue weighted by atomic mass is 19.4. The van der Waals surface area contributed by atoms with Crippen molar-refractivity contribution in [2.45, 2.75) is 31.7 Å². The highest BCUT2D eigenvalue weighted by Crippen LogP contribution is 2.34. The van der Waals surface area contributed by atoms with Gasteiger partial charge in [-0.05, 0) is 53.6 Å². The van der Waals surface area contributed by atoms with Crippen LogP contribution in [0.4, 0.5) is 13.2 Å². The quantitative estimate of drug-likeness (QED) is 0.877. The van der Waals surface area contributed by atoms with Crippen molar-refractivity contribution in [3.63, 3.8) is 0 Å². The van der Waals surface area contributed by atoms with Gasteiger partial charge in [-0.2, -0.15) is 0 Å². The Balaban J connectivity index is 1.93. The van der Waals surface area contributed by atoms with Gasteiger partial charge in [0, 0.05) is 0 Å². The lowest BCUT2D eigenvalue weighted by atomic mass is 9.87. The SMILES string of the molecule is OC1CCCc2cc(-c3cccc(OC(F)(F)F)c3)ccc21. The average Bonchev–Trinajstić information content (AvgIpc) is 2.46. The van der Waals surface area contributed by atoms with E-state index in [1.54, 1.807) is 6.07 Å². The highest BCUT2D eigenvalue weighted by Gasteiger charge is 2.31. The molecule has 1 atom stereocenters. The van der Waals surface area contributed by atoms with Gasteiger partial charge in [0.25, 0.3) is 0 Å². The summed E-state index contributed by atoms with van der Waals surface area (Å²) in [7, 11) is 0. The molecule has 0 fully saturated rings. The molecular weight excluding hydrogens is 293 g/mol. The summed E-state index contributed by atoms with van der Waals surface area (Å²) in [6, 6.07) is 11.5. The number of aryl methyl sites for hydroxylation is 1. The second-order valence-corrected chi connectivity index (χ2v) is 5.40. The van der Waals surface area contributed by atoms with Crippen LogP contribution in [0, 0.1) is 0 Å². The second-order valence-electron chi connectivity index (χ2n) is 5.40. The molecule has 1 aliphatic carbocycles. The van der Waals surface area contributed by atoms with Gasteiger partial charge in [-0.25, -0.2) is 0 Å². The molecule has 1 unspecified atom stereocenters.